The summed E-state index contributed by atoms with van der Waals surface area (Å²) in [4.78, 5) is 23.6. The van der Waals surface area contributed by atoms with E-state index in [9.17, 15) is 9.59 Å². The number of rotatable bonds is 7. The van der Waals surface area contributed by atoms with Crippen molar-refractivity contribution in [1.82, 2.24) is 0 Å². The SMILES string of the molecule is C=CC(=O)OCCCCOC(=O)C12CC3CC(CC(C)(C3)C1)C2. The predicted octanol–water partition coefficient (Wildman–Crippen LogP) is 3.65. The van der Waals surface area contributed by atoms with Gasteiger partial charge in [-0.15, -0.1) is 0 Å². The highest BCUT2D eigenvalue weighted by atomic mass is 16.5. The molecule has 2 unspecified atom stereocenters. The van der Waals surface area contributed by atoms with Gasteiger partial charge < -0.3 is 9.47 Å². The van der Waals surface area contributed by atoms with Crippen LogP contribution in [0.15, 0.2) is 12.7 Å². The number of ether oxygens (including phenoxy) is 2. The molecular weight excluding hydrogens is 292 g/mol. The molecule has 4 saturated carbocycles. The van der Waals surface area contributed by atoms with Gasteiger partial charge in [-0.05, 0) is 68.6 Å². The number of carbonyl (C=O) groups excluding carboxylic acids is 2. The standard InChI is InChI=1S/C19H28O4/c1-3-16(20)22-6-4-5-7-23-17(21)19-11-14-8-15(12-19)10-18(2,9-14)13-19/h3,14-15H,1,4-13H2,2H3. The van der Waals surface area contributed by atoms with Gasteiger partial charge in [0.25, 0.3) is 0 Å². The molecule has 0 aromatic carbocycles. The number of hydrogen-bond acceptors (Lipinski definition) is 4. The maximum absolute atomic E-state index is 12.7. The molecular formula is C19H28O4. The van der Waals surface area contributed by atoms with E-state index >= 15 is 0 Å². The Bertz CT molecular complexity index is 482. The number of carbonyl (C=O) groups is 2. The zero-order valence-corrected chi connectivity index (χ0v) is 14.1. The van der Waals surface area contributed by atoms with Crippen molar-refractivity contribution in [3.05, 3.63) is 12.7 Å². The summed E-state index contributed by atoms with van der Waals surface area (Å²) in [5.41, 5.74) is 0.163. The third-order valence-corrected chi connectivity index (χ3v) is 5.97. The predicted molar refractivity (Wildman–Crippen MR) is 86.6 cm³/mol. The number of hydrogen-bond donors (Lipinski definition) is 0. The van der Waals surface area contributed by atoms with E-state index in [-0.39, 0.29) is 11.4 Å². The molecule has 0 spiro atoms. The molecule has 0 amide bonds. The average molecular weight is 320 g/mol. The minimum absolute atomic E-state index is 0.0286. The highest BCUT2D eigenvalue weighted by molar-refractivity contribution is 5.81. The summed E-state index contributed by atoms with van der Waals surface area (Å²) in [7, 11) is 0. The summed E-state index contributed by atoms with van der Waals surface area (Å²) in [5.74, 6) is 1.09. The van der Waals surface area contributed by atoms with Crippen LogP contribution in [0.1, 0.15) is 58.3 Å². The summed E-state index contributed by atoms with van der Waals surface area (Å²) in [5, 5.41) is 0. The quantitative estimate of drug-likeness (QED) is 0.408. The molecule has 4 rings (SSSR count). The minimum atomic E-state index is -0.399. The van der Waals surface area contributed by atoms with Gasteiger partial charge in [0.15, 0.2) is 0 Å². The summed E-state index contributed by atoms with van der Waals surface area (Å²) in [6.45, 7) is 6.50. The van der Waals surface area contributed by atoms with Gasteiger partial charge in [0.2, 0.25) is 0 Å². The smallest absolute Gasteiger partial charge is 0.330 e. The minimum Gasteiger partial charge on any atom is -0.465 e. The van der Waals surface area contributed by atoms with Gasteiger partial charge in [-0.3, -0.25) is 4.79 Å². The molecule has 0 aromatic heterocycles. The molecule has 0 radical (unpaired) electrons. The fourth-order valence-corrected chi connectivity index (χ4v) is 5.71. The van der Waals surface area contributed by atoms with E-state index in [2.05, 4.69) is 13.5 Å². The Balaban J connectivity index is 1.44. The Hall–Kier alpha value is -1.32. The van der Waals surface area contributed by atoms with Crippen LogP contribution in [0.25, 0.3) is 0 Å². The van der Waals surface area contributed by atoms with Crippen molar-refractivity contribution in [2.24, 2.45) is 22.7 Å². The van der Waals surface area contributed by atoms with Crippen LogP contribution in [-0.2, 0) is 19.1 Å². The Kier molecular flexibility index (Phi) is 4.52. The van der Waals surface area contributed by atoms with Crippen LogP contribution in [0.5, 0.6) is 0 Å². The van der Waals surface area contributed by atoms with Crippen LogP contribution in [-0.4, -0.2) is 25.2 Å². The van der Waals surface area contributed by atoms with Gasteiger partial charge in [-0.25, -0.2) is 4.79 Å². The third kappa shape index (κ3) is 3.46. The Labute approximate surface area is 138 Å². The second-order valence-electron chi connectivity index (χ2n) is 8.27. The van der Waals surface area contributed by atoms with Gasteiger partial charge in [0, 0.05) is 6.08 Å². The van der Waals surface area contributed by atoms with Crippen LogP contribution in [0.4, 0.5) is 0 Å². The lowest BCUT2D eigenvalue weighted by atomic mass is 9.44. The van der Waals surface area contributed by atoms with Crippen LogP contribution in [0, 0.1) is 22.7 Å². The molecule has 0 saturated heterocycles. The Morgan fingerprint density at radius 1 is 1.09 bits per heavy atom. The molecule has 23 heavy (non-hydrogen) atoms. The van der Waals surface area contributed by atoms with Gasteiger partial charge in [0.1, 0.15) is 0 Å². The number of esters is 2. The fraction of sp³-hybridized carbons (Fsp3) is 0.789. The van der Waals surface area contributed by atoms with Gasteiger partial charge in [0.05, 0.1) is 18.6 Å². The second-order valence-corrected chi connectivity index (χ2v) is 8.27. The second kappa shape index (κ2) is 6.29. The first-order valence-corrected chi connectivity index (χ1v) is 8.91. The molecule has 0 aromatic rings. The van der Waals surface area contributed by atoms with E-state index in [4.69, 9.17) is 9.47 Å². The van der Waals surface area contributed by atoms with E-state index in [0.29, 0.717) is 25.0 Å². The zero-order valence-electron chi connectivity index (χ0n) is 14.1. The first kappa shape index (κ1) is 16.5. The van der Waals surface area contributed by atoms with Crippen LogP contribution >= 0.6 is 0 Å². The van der Waals surface area contributed by atoms with E-state index in [1.54, 1.807) is 0 Å². The summed E-state index contributed by atoms with van der Waals surface area (Å²) < 4.78 is 10.5. The molecule has 0 aliphatic heterocycles. The molecule has 128 valence electrons. The van der Waals surface area contributed by atoms with Crippen molar-refractivity contribution in [1.29, 1.82) is 0 Å². The van der Waals surface area contributed by atoms with E-state index in [1.165, 1.54) is 19.3 Å². The van der Waals surface area contributed by atoms with Crippen LogP contribution in [0.3, 0.4) is 0 Å². The van der Waals surface area contributed by atoms with Crippen molar-refractivity contribution < 1.29 is 19.1 Å². The number of unbranched alkanes of at least 4 members (excludes halogenated alkanes) is 1. The maximum Gasteiger partial charge on any atom is 0.330 e. The van der Waals surface area contributed by atoms with Gasteiger partial charge in [-0.1, -0.05) is 13.5 Å². The Morgan fingerprint density at radius 3 is 2.26 bits per heavy atom. The van der Waals surface area contributed by atoms with E-state index in [1.807, 2.05) is 0 Å². The van der Waals surface area contributed by atoms with Crippen molar-refractivity contribution >= 4 is 11.9 Å². The van der Waals surface area contributed by atoms with Crippen molar-refractivity contribution in [3.63, 3.8) is 0 Å². The van der Waals surface area contributed by atoms with Crippen molar-refractivity contribution in [2.75, 3.05) is 13.2 Å². The van der Waals surface area contributed by atoms with Gasteiger partial charge >= 0.3 is 11.9 Å². The zero-order chi connectivity index (χ0) is 16.5. The molecule has 2 atom stereocenters. The molecule has 0 heterocycles. The lowest BCUT2D eigenvalue weighted by Crippen LogP contribution is -2.54. The normalized spacial score (nSPS) is 37.4. The lowest BCUT2D eigenvalue weighted by Gasteiger charge is -2.59. The van der Waals surface area contributed by atoms with E-state index in [0.717, 1.165) is 43.6 Å². The molecule has 4 nitrogen and oxygen atoms in total. The highest BCUT2D eigenvalue weighted by Crippen LogP contribution is 2.65. The first-order chi connectivity index (χ1) is 10.9. The first-order valence-electron chi connectivity index (χ1n) is 8.91. The van der Waals surface area contributed by atoms with Crippen molar-refractivity contribution in [3.8, 4) is 0 Å². The average Bonchev–Trinajstić information content (AvgIpc) is 2.47. The van der Waals surface area contributed by atoms with Gasteiger partial charge in [-0.2, -0.15) is 0 Å². The molecule has 4 aliphatic carbocycles. The van der Waals surface area contributed by atoms with Crippen LogP contribution in [0.2, 0.25) is 0 Å². The summed E-state index contributed by atoms with van der Waals surface area (Å²) >= 11 is 0. The topological polar surface area (TPSA) is 52.6 Å². The summed E-state index contributed by atoms with van der Waals surface area (Å²) in [6, 6.07) is 0. The molecule has 4 aliphatic rings. The molecule has 0 N–H and O–H groups in total. The molecule has 4 heteroatoms. The molecule has 4 bridgehead atoms. The van der Waals surface area contributed by atoms with E-state index < -0.39 is 5.97 Å². The third-order valence-electron chi connectivity index (χ3n) is 5.97. The molecule has 4 fully saturated rings. The monoisotopic (exact) mass is 320 g/mol. The largest absolute Gasteiger partial charge is 0.465 e. The fourth-order valence-electron chi connectivity index (χ4n) is 5.71. The maximum atomic E-state index is 12.7. The van der Waals surface area contributed by atoms with Crippen LogP contribution < -0.4 is 0 Å². The van der Waals surface area contributed by atoms with Crippen molar-refractivity contribution in [2.45, 2.75) is 58.3 Å². The Morgan fingerprint density at radius 2 is 1.70 bits per heavy atom. The highest BCUT2D eigenvalue weighted by Gasteiger charge is 2.59. The summed E-state index contributed by atoms with van der Waals surface area (Å²) in [6.07, 6.45) is 9.61. The lowest BCUT2D eigenvalue weighted by molar-refractivity contribution is -0.179.